The number of hydrogen-bond acceptors (Lipinski definition) is 5. The second-order valence-corrected chi connectivity index (χ2v) is 5.71. The Labute approximate surface area is 114 Å². The van der Waals surface area contributed by atoms with Gasteiger partial charge in [-0.15, -0.1) is 11.3 Å². The Morgan fingerprint density at radius 1 is 1.39 bits per heavy atom. The standard InChI is InChI=1S/C13H24N4S/c1-3-4-12(11-14-2)16-6-8-17(9-7-16)13-15-5-10-18-13/h5,10,12,14H,3-4,6-9,11H2,1-2H3. The first kappa shape index (κ1) is 13.8. The predicted octanol–water partition coefficient (Wildman–Crippen LogP) is 1.65. The summed E-state index contributed by atoms with van der Waals surface area (Å²) in [6, 6.07) is 0.693. The number of nitrogens with one attached hydrogen (secondary N) is 1. The first-order valence-corrected chi connectivity index (χ1v) is 7.76. The summed E-state index contributed by atoms with van der Waals surface area (Å²) in [5.74, 6) is 0. The van der Waals surface area contributed by atoms with E-state index in [2.05, 4.69) is 39.5 Å². The van der Waals surface area contributed by atoms with Crippen LogP contribution in [0.5, 0.6) is 0 Å². The fraction of sp³-hybridized carbons (Fsp3) is 0.769. The van der Waals surface area contributed by atoms with Crippen LogP contribution in [-0.2, 0) is 0 Å². The van der Waals surface area contributed by atoms with Crippen molar-refractivity contribution in [3.63, 3.8) is 0 Å². The van der Waals surface area contributed by atoms with Gasteiger partial charge in [0.2, 0.25) is 0 Å². The Hall–Kier alpha value is -0.650. The van der Waals surface area contributed by atoms with Crippen LogP contribution in [0.25, 0.3) is 0 Å². The summed E-state index contributed by atoms with van der Waals surface area (Å²) < 4.78 is 0. The van der Waals surface area contributed by atoms with Crippen LogP contribution >= 0.6 is 11.3 Å². The maximum absolute atomic E-state index is 4.40. The summed E-state index contributed by atoms with van der Waals surface area (Å²) >= 11 is 1.74. The average Bonchev–Trinajstić information content (AvgIpc) is 2.93. The van der Waals surface area contributed by atoms with Crippen LogP contribution in [0.15, 0.2) is 11.6 Å². The van der Waals surface area contributed by atoms with Crippen molar-refractivity contribution in [2.45, 2.75) is 25.8 Å². The minimum atomic E-state index is 0.693. The maximum Gasteiger partial charge on any atom is 0.185 e. The first-order chi connectivity index (χ1) is 8.85. The molecule has 0 saturated carbocycles. The Morgan fingerprint density at radius 3 is 2.72 bits per heavy atom. The fourth-order valence-corrected chi connectivity index (χ4v) is 3.33. The van der Waals surface area contributed by atoms with Crippen molar-refractivity contribution in [2.24, 2.45) is 0 Å². The highest BCUT2D eigenvalue weighted by Gasteiger charge is 2.23. The molecule has 0 aliphatic carbocycles. The van der Waals surface area contributed by atoms with E-state index in [1.54, 1.807) is 11.3 Å². The monoisotopic (exact) mass is 268 g/mol. The Morgan fingerprint density at radius 2 is 2.17 bits per heavy atom. The molecule has 0 aromatic carbocycles. The number of nitrogens with zero attached hydrogens (tertiary/aromatic N) is 3. The van der Waals surface area contributed by atoms with E-state index >= 15 is 0 Å². The molecule has 1 aromatic heterocycles. The van der Waals surface area contributed by atoms with Crippen LogP contribution < -0.4 is 10.2 Å². The highest BCUT2D eigenvalue weighted by molar-refractivity contribution is 7.13. The quantitative estimate of drug-likeness (QED) is 0.850. The van der Waals surface area contributed by atoms with E-state index in [0.717, 1.165) is 32.7 Å². The Kier molecular flexibility index (Phi) is 5.41. The molecule has 4 nitrogen and oxygen atoms in total. The molecule has 0 amide bonds. The van der Waals surface area contributed by atoms with Gasteiger partial charge < -0.3 is 10.2 Å². The van der Waals surface area contributed by atoms with E-state index in [0.29, 0.717) is 6.04 Å². The normalized spacial score (nSPS) is 19.1. The van der Waals surface area contributed by atoms with Crippen molar-refractivity contribution in [3.05, 3.63) is 11.6 Å². The van der Waals surface area contributed by atoms with E-state index in [1.807, 2.05) is 6.20 Å². The predicted molar refractivity (Wildman–Crippen MR) is 78.5 cm³/mol. The molecule has 1 unspecified atom stereocenters. The highest BCUT2D eigenvalue weighted by atomic mass is 32.1. The van der Waals surface area contributed by atoms with Gasteiger partial charge in [-0.25, -0.2) is 4.98 Å². The second kappa shape index (κ2) is 7.07. The van der Waals surface area contributed by atoms with Crippen LogP contribution in [0, 0.1) is 0 Å². The number of rotatable bonds is 6. The molecule has 0 radical (unpaired) electrons. The molecule has 1 atom stereocenters. The first-order valence-electron chi connectivity index (χ1n) is 6.88. The summed E-state index contributed by atoms with van der Waals surface area (Å²) in [5, 5.41) is 6.56. The molecule has 1 fully saturated rings. The molecule has 2 heterocycles. The van der Waals surface area contributed by atoms with Gasteiger partial charge in [0.25, 0.3) is 0 Å². The highest BCUT2D eigenvalue weighted by Crippen LogP contribution is 2.20. The molecule has 2 rings (SSSR count). The number of hydrogen-bond donors (Lipinski definition) is 1. The van der Waals surface area contributed by atoms with Gasteiger partial charge in [-0.1, -0.05) is 13.3 Å². The topological polar surface area (TPSA) is 31.4 Å². The molecule has 1 aromatic rings. The van der Waals surface area contributed by atoms with E-state index in [9.17, 15) is 0 Å². The van der Waals surface area contributed by atoms with Crippen LogP contribution in [0.1, 0.15) is 19.8 Å². The van der Waals surface area contributed by atoms with E-state index in [4.69, 9.17) is 0 Å². The summed E-state index contributed by atoms with van der Waals surface area (Å²) in [7, 11) is 2.05. The van der Waals surface area contributed by atoms with Crippen LogP contribution in [0.3, 0.4) is 0 Å². The van der Waals surface area contributed by atoms with Gasteiger partial charge in [0.05, 0.1) is 0 Å². The molecule has 1 aliphatic rings. The van der Waals surface area contributed by atoms with Crippen molar-refractivity contribution in [2.75, 3.05) is 44.7 Å². The van der Waals surface area contributed by atoms with Gasteiger partial charge in [0.1, 0.15) is 0 Å². The lowest BCUT2D eigenvalue weighted by atomic mass is 10.1. The Bertz CT molecular complexity index is 314. The van der Waals surface area contributed by atoms with Crippen LogP contribution in [0.2, 0.25) is 0 Å². The molecule has 1 saturated heterocycles. The van der Waals surface area contributed by atoms with Gasteiger partial charge in [0, 0.05) is 50.3 Å². The van der Waals surface area contributed by atoms with Crippen LogP contribution in [0.4, 0.5) is 5.13 Å². The van der Waals surface area contributed by atoms with Crippen molar-refractivity contribution in [1.29, 1.82) is 0 Å². The smallest absolute Gasteiger partial charge is 0.185 e. The number of likely N-dealkylation sites (N-methyl/N-ethyl adjacent to an activating group) is 1. The molecular weight excluding hydrogens is 244 g/mol. The number of thiazole rings is 1. The van der Waals surface area contributed by atoms with E-state index < -0.39 is 0 Å². The Balaban J connectivity index is 1.84. The van der Waals surface area contributed by atoms with E-state index in [1.165, 1.54) is 18.0 Å². The van der Waals surface area contributed by atoms with Crippen molar-refractivity contribution in [3.8, 4) is 0 Å². The minimum absolute atomic E-state index is 0.693. The van der Waals surface area contributed by atoms with Crippen molar-refractivity contribution >= 4 is 16.5 Å². The summed E-state index contributed by atoms with van der Waals surface area (Å²) in [5.41, 5.74) is 0. The molecular formula is C13H24N4S. The molecule has 0 spiro atoms. The third-order valence-electron chi connectivity index (χ3n) is 3.58. The van der Waals surface area contributed by atoms with Gasteiger partial charge in [0.15, 0.2) is 5.13 Å². The number of aromatic nitrogens is 1. The minimum Gasteiger partial charge on any atom is -0.346 e. The van der Waals surface area contributed by atoms with Crippen molar-refractivity contribution in [1.82, 2.24) is 15.2 Å². The maximum atomic E-state index is 4.40. The molecule has 1 aliphatic heterocycles. The number of piperazine rings is 1. The third-order valence-corrected chi connectivity index (χ3v) is 4.41. The summed E-state index contributed by atoms with van der Waals surface area (Å²) in [6.45, 7) is 7.91. The molecule has 5 heteroatoms. The lowest BCUT2D eigenvalue weighted by Crippen LogP contribution is -2.52. The van der Waals surface area contributed by atoms with Gasteiger partial charge in [-0.05, 0) is 13.5 Å². The zero-order valence-corrected chi connectivity index (χ0v) is 12.2. The fourth-order valence-electron chi connectivity index (χ4n) is 2.63. The van der Waals surface area contributed by atoms with Crippen LogP contribution in [-0.4, -0.2) is 55.7 Å². The van der Waals surface area contributed by atoms with Gasteiger partial charge >= 0.3 is 0 Å². The third kappa shape index (κ3) is 3.43. The zero-order chi connectivity index (χ0) is 12.8. The second-order valence-electron chi connectivity index (χ2n) is 4.84. The molecule has 1 N–H and O–H groups in total. The largest absolute Gasteiger partial charge is 0.346 e. The summed E-state index contributed by atoms with van der Waals surface area (Å²) in [4.78, 5) is 9.43. The van der Waals surface area contributed by atoms with Crippen molar-refractivity contribution < 1.29 is 0 Å². The van der Waals surface area contributed by atoms with Gasteiger partial charge in [-0.2, -0.15) is 0 Å². The lowest BCUT2D eigenvalue weighted by molar-refractivity contribution is 0.173. The molecule has 18 heavy (non-hydrogen) atoms. The SMILES string of the molecule is CCCC(CNC)N1CCN(c2nccs2)CC1. The van der Waals surface area contributed by atoms with Gasteiger partial charge in [-0.3, -0.25) is 4.90 Å². The zero-order valence-electron chi connectivity index (χ0n) is 11.4. The number of anilines is 1. The van der Waals surface area contributed by atoms with E-state index in [-0.39, 0.29) is 0 Å². The lowest BCUT2D eigenvalue weighted by Gasteiger charge is -2.39. The molecule has 102 valence electrons. The average molecular weight is 268 g/mol. The molecule has 0 bridgehead atoms. The summed E-state index contributed by atoms with van der Waals surface area (Å²) in [6.07, 6.45) is 4.45.